The van der Waals surface area contributed by atoms with Crippen LogP contribution in [-0.2, 0) is 14.6 Å². The summed E-state index contributed by atoms with van der Waals surface area (Å²) in [6.45, 7) is 5.47. The highest BCUT2D eigenvalue weighted by molar-refractivity contribution is 7.80. The summed E-state index contributed by atoms with van der Waals surface area (Å²) < 4.78 is 31.0. The van der Waals surface area contributed by atoms with Crippen LogP contribution in [0, 0.1) is 6.67 Å². The van der Waals surface area contributed by atoms with E-state index in [0.717, 1.165) is 7.11 Å². The molecule has 18 heavy (non-hydrogen) atoms. The number of urea groups is 1. The van der Waals surface area contributed by atoms with Crippen LogP contribution in [0.4, 0.5) is 4.79 Å². The van der Waals surface area contributed by atoms with Crippen molar-refractivity contribution in [3.63, 3.8) is 0 Å². The molecule has 1 aliphatic rings. The number of carbonyl (C=O) groups excluding carboxylic acids is 1. The van der Waals surface area contributed by atoms with Crippen molar-refractivity contribution in [2.45, 2.75) is 6.92 Å². The van der Waals surface area contributed by atoms with Gasteiger partial charge < -0.3 is 9.45 Å². The quantitative estimate of drug-likeness (QED) is 0.397. The van der Waals surface area contributed by atoms with Crippen molar-refractivity contribution in [2.75, 3.05) is 27.7 Å². The summed E-state index contributed by atoms with van der Waals surface area (Å²) in [7, 11) is -0.0150. The van der Waals surface area contributed by atoms with Crippen molar-refractivity contribution in [2.24, 2.45) is 0 Å². The molecule has 0 atom stereocenters. The molecule has 9 heteroatoms. The summed E-state index contributed by atoms with van der Waals surface area (Å²) in [5.41, 5.74) is 0. The largest absolute Gasteiger partial charge is 0.726 e. The Morgan fingerprint density at radius 2 is 2.00 bits per heavy atom. The van der Waals surface area contributed by atoms with Crippen molar-refractivity contribution in [3.8, 4) is 0 Å². The van der Waals surface area contributed by atoms with Crippen molar-refractivity contribution >= 4 is 16.4 Å². The minimum Gasteiger partial charge on any atom is -0.726 e. The normalized spacial score (nSPS) is 13.8. The van der Waals surface area contributed by atoms with E-state index in [1.807, 2.05) is 14.0 Å². The Morgan fingerprint density at radius 1 is 1.50 bits per heavy atom. The van der Waals surface area contributed by atoms with Crippen LogP contribution >= 0.6 is 0 Å². The molecule has 0 saturated heterocycles. The maximum absolute atomic E-state index is 11.4. The fourth-order valence-corrected chi connectivity index (χ4v) is 0.829. The van der Waals surface area contributed by atoms with Gasteiger partial charge in [-0.05, 0) is 6.92 Å². The van der Waals surface area contributed by atoms with Crippen molar-refractivity contribution < 1.29 is 21.9 Å². The molecule has 0 saturated carbocycles. The fourth-order valence-electron chi connectivity index (χ4n) is 0.829. The van der Waals surface area contributed by atoms with Gasteiger partial charge in [-0.2, -0.15) is 0 Å². The van der Waals surface area contributed by atoms with Crippen LogP contribution < -0.4 is 0 Å². The van der Waals surface area contributed by atoms with E-state index < -0.39 is 10.4 Å². The SMILES string of the molecule is CCN(C)C(=O)N1[C+]N(C)C=C1.COS(=O)(=O)[O-]. The standard InChI is InChI=1S/C8H13N3O.CH4O4S/c1-4-10(3)8(12)11-6-5-9(2)7-11;1-5-6(2,3)4/h5-6H,4H2,1-3H3;1H3,(H,2,3,4)/q+1;/p-1. The Kier molecular flexibility index (Phi) is 6.52. The minimum atomic E-state index is -4.41. The molecule has 1 heterocycles. The third-order valence-electron chi connectivity index (χ3n) is 1.92. The van der Waals surface area contributed by atoms with Crippen molar-refractivity contribution in [1.82, 2.24) is 14.7 Å². The summed E-state index contributed by atoms with van der Waals surface area (Å²) in [5.74, 6) is 0. The Hall–Kier alpha value is -1.45. The Labute approximate surface area is 107 Å². The molecule has 8 nitrogen and oxygen atoms in total. The number of amides is 2. The lowest BCUT2D eigenvalue weighted by atomic mass is 10.6. The van der Waals surface area contributed by atoms with E-state index >= 15 is 0 Å². The van der Waals surface area contributed by atoms with Gasteiger partial charge >= 0.3 is 12.7 Å². The van der Waals surface area contributed by atoms with E-state index in [4.69, 9.17) is 0 Å². The molecule has 0 aromatic rings. The molecule has 0 spiro atoms. The van der Waals surface area contributed by atoms with Crippen LogP contribution in [0.3, 0.4) is 0 Å². The van der Waals surface area contributed by atoms with E-state index in [2.05, 4.69) is 10.9 Å². The number of carbonyl (C=O) groups is 1. The molecular weight excluding hydrogens is 262 g/mol. The molecule has 0 fully saturated rings. The van der Waals surface area contributed by atoms with E-state index in [1.165, 1.54) is 4.90 Å². The first-order valence-electron chi connectivity index (χ1n) is 4.94. The molecule has 103 valence electrons. The topological polar surface area (TPSA) is 93.2 Å². The molecule has 2 amide bonds. The van der Waals surface area contributed by atoms with Gasteiger partial charge in [-0.3, -0.25) is 4.18 Å². The molecule has 0 N–H and O–H groups in total. The zero-order valence-corrected chi connectivity index (χ0v) is 11.5. The second-order valence-corrected chi connectivity index (χ2v) is 4.40. The van der Waals surface area contributed by atoms with Crippen LogP contribution in [0.5, 0.6) is 0 Å². The Balaban J connectivity index is 0.000000411. The van der Waals surface area contributed by atoms with Gasteiger partial charge in [0.2, 0.25) is 10.4 Å². The van der Waals surface area contributed by atoms with E-state index in [9.17, 15) is 17.8 Å². The van der Waals surface area contributed by atoms with Gasteiger partial charge in [-0.15, -0.1) is 4.90 Å². The number of nitrogens with zero attached hydrogens (tertiary/aromatic N) is 3. The van der Waals surface area contributed by atoms with Crippen molar-refractivity contribution in [3.05, 3.63) is 19.1 Å². The zero-order valence-electron chi connectivity index (χ0n) is 10.7. The fraction of sp³-hybridized carbons (Fsp3) is 0.556. The highest BCUT2D eigenvalue weighted by Gasteiger charge is 2.35. The summed E-state index contributed by atoms with van der Waals surface area (Å²) in [4.78, 5) is 16.2. The van der Waals surface area contributed by atoms with Crippen LogP contribution in [0.15, 0.2) is 12.4 Å². The Morgan fingerprint density at radius 3 is 2.28 bits per heavy atom. The van der Waals surface area contributed by atoms with Gasteiger partial charge in [-0.25, -0.2) is 13.2 Å². The van der Waals surface area contributed by atoms with Crippen molar-refractivity contribution in [1.29, 1.82) is 0 Å². The van der Waals surface area contributed by atoms with Crippen LogP contribution in [-0.4, -0.2) is 61.5 Å². The average molecular weight is 278 g/mol. The third-order valence-corrected chi connectivity index (χ3v) is 2.32. The second-order valence-electron chi connectivity index (χ2n) is 3.25. The molecular formula is C9H16N3O5S. The van der Waals surface area contributed by atoms with Gasteiger partial charge in [0.1, 0.15) is 0 Å². The number of hydrogen-bond donors (Lipinski definition) is 0. The first-order valence-corrected chi connectivity index (χ1v) is 6.27. The average Bonchev–Trinajstić information content (AvgIpc) is 2.73. The first kappa shape index (κ1) is 16.6. The minimum absolute atomic E-state index is 0.0573. The van der Waals surface area contributed by atoms with Gasteiger partial charge in [0, 0.05) is 13.6 Å². The van der Waals surface area contributed by atoms with Crippen LogP contribution in [0.2, 0.25) is 0 Å². The molecule has 0 bridgehead atoms. The first-order chi connectivity index (χ1) is 8.21. The van der Waals surface area contributed by atoms with Crippen LogP contribution in [0.25, 0.3) is 0 Å². The third kappa shape index (κ3) is 6.33. The summed E-state index contributed by atoms with van der Waals surface area (Å²) in [6, 6.07) is -0.0573. The molecule has 0 unspecified atom stereocenters. The van der Waals surface area contributed by atoms with E-state index in [-0.39, 0.29) is 6.03 Å². The molecule has 1 rings (SSSR count). The predicted molar refractivity (Wildman–Crippen MR) is 62.4 cm³/mol. The summed E-state index contributed by atoms with van der Waals surface area (Å²) in [5, 5.41) is 0. The lowest BCUT2D eigenvalue weighted by Gasteiger charge is -2.13. The van der Waals surface area contributed by atoms with E-state index in [0.29, 0.717) is 6.54 Å². The number of hydrogen-bond acceptors (Lipinski definition) is 6. The molecule has 0 aromatic carbocycles. The maximum Gasteiger partial charge on any atom is 0.573 e. The molecule has 1 radical (unpaired) electrons. The monoisotopic (exact) mass is 278 g/mol. The Bertz CT molecular complexity index is 395. The van der Waals surface area contributed by atoms with Crippen LogP contribution in [0.1, 0.15) is 6.92 Å². The molecule has 1 aliphatic heterocycles. The smallest absolute Gasteiger partial charge is 0.573 e. The highest BCUT2D eigenvalue weighted by atomic mass is 32.3. The lowest BCUT2D eigenvalue weighted by molar-refractivity contribution is 0.186. The highest BCUT2D eigenvalue weighted by Crippen LogP contribution is 2.10. The summed E-state index contributed by atoms with van der Waals surface area (Å²) >= 11 is 0. The van der Waals surface area contributed by atoms with Gasteiger partial charge in [-0.1, -0.05) is 4.90 Å². The second kappa shape index (κ2) is 7.09. The lowest BCUT2D eigenvalue weighted by Crippen LogP contribution is -2.36. The maximum atomic E-state index is 11.4. The predicted octanol–water partition coefficient (Wildman–Crippen LogP) is -0.134. The summed E-state index contributed by atoms with van der Waals surface area (Å²) in [6.07, 6.45) is 3.47. The molecule has 0 aromatic heterocycles. The molecule has 0 aliphatic carbocycles. The van der Waals surface area contributed by atoms with Gasteiger partial charge in [0.25, 0.3) is 0 Å². The zero-order chi connectivity index (χ0) is 14.3. The number of rotatable bonds is 2. The van der Waals surface area contributed by atoms with E-state index in [1.54, 1.807) is 29.2 Å². The van der Waals surface area contributed by atoms with Gasteiger partial charge in [0.15, 0.2) is 0 Å². The van der Waals surface area contributed by atoms with Gasteiger partial charge in [0.05, 0.1) is 26.6 Å².